The number of benzene rings is 1. The number of aromatic nitrogens is 3. The number of amides is 2. The van der Waals surface area contributed by atoms with Crippen LogP contribution in [0.25, 0.3) is 0 Å². The monoisotopic (exact) mass is 552 g/mol. The van der Waals surface area contributed by atoms with Crippen molar-refractivity contribution in [3.8, 4) is 5.75 Å². The second-order valence-corrected chi connectivity index (χ2v) is 10.6. The summed E-state index contributed by atoms with van der Waals surface area (Å²) in [6.45, 7) is 0. The lowest BCUT2D eigenvalue weighted by atomic mass is 10.0. The summed E-state index contributed by atoms with van der Waals surface area (Å²) in [5.41, 5.74) is 6.79. The maximum Gasteiger partial charge on any atom is 0.352 e. The van der Waals surface area contributed by atoms with Crippen LogP contribution in [0.1, 0.15) is 11.6 Å². The number of rotatable bonds is 10. The van der Waals surface area contributed by atoms with Gasteiger partial charge < -0.3 is 26.4 Å². The third kappa shape index (κ3) is 5.45. The van der Waals surface area contributed by atoms with Crippen LogP contribution in [-0.4, -0.2) is 87.8 Å². The second-order valence-electron chi connectivity index (χ2n) is 7.62. The smallest absolute Gasteiger partial charge is 0.352 e. The number of aromatic hydroxyl groups is 1. The number of carbonyl (C=O) groups excluding carboxylic acids is 2. The SMILES string of the molecule is NC(C(=O)NC1C(=O)N2C(C(=O)O)=C(CSc3n[nH]c(SCC(=O)O)n3)CS[C@H]12)c1ccc(O)cc1. The molecular formula is C20H20N6O7S3. The summed E-state index contributed by atoms with van der Waals surface area (Å²) in [6, 6.07) is 3.81. The highest BCUT2D eigenvalue weighted by Gasteiger charge is 2.54. The molecule has 4 rings (SSSR count). The number of phenols is 1. The van der Waals surface area contributed by atoms with Crippen LogP contribution >= 0.6 is 35.3 Å². The summed E-state index contributed by atoms with van der Waals surface area (Å²) < 4.78 is 0. The Bertz CT molecular complexity index is 1230. The van der Waals surface area contributed by atoms with E-state index >= 15 is 0 Å². The van der Waals surface area contributed by atoms with E-state index < -0.39 is 41.2 Å². The first-order valence-corrected chi connectivity index (χ1v) is 13.3. The van der Waals surface area contributed by atoms with E-state index in [0.717, 1.165) is 28.4 Å². The summed E-state index contributed by atoms with van der Waals surface area (Å²) in [5.74, 6) is -3.04. The molecular weight excluding hydrogens is 532 g/mol. The molecule has 2 unspecified atom stereocenters. The maximum absolute atomic E-state index is 12.8. The van der Waals surface area contributed by atoms with Crippen LogP contribution in [0.4, 0.5) is 0 Å². The zero-order valence-electron chi connectivity index (χ0n) is 18.3. The topological polar surface area (TPSA) is 212 Å². The highest BCUT2D eigenvalue weighted by atomic mass is 32.2. The molecule has 3 atom stereocenters. The van der Waals surface area contributed by atoms with Gasteiger partial charge in [0.05, 0.1) is 5.75 Å². The van der Waals surface area contributed by atoms with E-state index in [1.807, 2.05) is 0 Å². The van der Waals surface area contributed by atoms with E-state index in [1.165, 1.54) is 36.0 Å². The number of carbonyl (C=O) groups is 4. The van der Waals surface area contributed by atoms with Gasteiger partial charge >= 0.3 is 11.9 Å². The number of carboxylic acids is 2. The van der Waals surface area contributed by atoms with Gasteiger partial charge in [0.2, 0.25) is 11.1 Å². The van der Waals surface area contributed by atoms with Crippen molar-refractivity contribution in [1.29, 1.82) is 0 Å². The van der Waals surface area contributed by atoms with Crippen molar-refractivity contribution < 1.29 is 34.5 Å². The highest BCUT2D eigenvalue weighted by molar-refractivity contribution is 8.01. The number of H-pyrrole nitrogens is 1. The summed E-state index contributed by atoms with van der Waals surface area (Å²) >= 11 is 3.45. The van der Waals surface area contributed by atoms with Crippen molar-refractivity contribution >= 4 is 59.0 Å². The van der Waals surface area contributed by atoms with Crippen LogP contribution in [0.2, 0.25) is 0 Å². The Labute approximate surface area is 216 Å². The summed E-state index contributed by atoms with van der Waals surface area (Å²) in [4.78, 5) is 53.5. The van der Waals surface area contributed by atoms with Crippen LogP contribution in [0.15, 0.2) is 45.8 Å². The van der Waals surface area contributed by atoms with Gasteiger partial charge in [-0.3, -0.25) is 24.4 Å². The molecule has 36 heavy (non-hydrogen) atoms. The molecule has 2 amide bonds. The minimum Gasteiger partial charge on any atom is -0.508 e. The van der Waals surface area contributed by atoms with Crippen LogP contribution in [0.3, 0.4) is 0 Å². The molecule has 7 N–H and O–H groups in total. The van der Waals surface area contributed by atoms with E-state index in [1.54, 1.807) is 0 Å². The Kier molecular flexibility index (Phi) is 7.77. The van der Waals surface area contributed by atoms with Gasteiger partial charge in [0.15, 0.2) is 5.16 Å². The van der Waals surface area contributed by atoms with Gasteiger partial charge in [0.25, 0.3) is 5.91 Å². The summed E-state index contributed by atoms with van der Waals surface area (Å²) in [7, 11) is 0. The Morgan fingerprint density at radius 2 is 1.97 bits per heavy atom. The van der Waals surface area contributed by atoms with Gasteiger partial charge in [0.1, 0.15) is 28.9 Å². The molecule has 1 aromatic carbocycles. The predicted molar refractivity (Wildman–Crippen MR) is 130 cm³/mol. The fourth-order valence-electron chi connectivity index (χ4n) is 3.51. The van der Waals surface area contributed by atoms with Crippen molar-refractivity contribution in [3.63, 3.8) is 0 Å². The van der Waals surface area contributed by atoms with Crippen LogP contribution in [0, 0.1) is 0 Å². The molecule has 3 heterocycles. The van der Waals surface area contributed by atoms with E-state index in [9.17, 15) is 29.4 Å². The highest BCUT2D eigenvalue weighted by Crippen LogP contribution is 2.41. The third-order valence-corrected chi connectivity index (χ3v) is 8.35. The molecule has 13 nitrogen and oxygen atoms in total. The predicted octanol–water partition coefficient (Wildman–Crippen LogP) is 0.218. The Morgan fingerprint density at radius 1 is 1.25 bits per heavy atom. The number of fused-ring (bicyclic) bond motifs is 1. The molecule has 0 aliphatic carbocycles. The van der Waals surface area contributed by atoms with E-state index in [-0.39, 0.29) is 23.0 Å². The number of thioether (sulfide) groups is 3. The lowest BCUT2D eigenvalue weighted by Crippen LogP contribution is -2.71. The molecule has 0 bridgehead atoms. The Hall–Kier alpha value is -3.21. The maximum atomic E-state index is 12.8. The normalized spacial score (nSPS) is 19.9. The number of hydrogen-bond donors (Lipinski definition) is 6. The van der Waals surface area contributed by atoms with Crippen molar-refractivity contribution in [3.05, 3.63) is 41.1 Å². The molecule has 0 spiro atoms. The Balaban J connectivity index is 1.40. The minimum absolute atomic E-state index is 0.0253. The number of phenolic OH excluding ortho intramolecular Hbond substituents is 1. The summed E-state index contributed by atoms with van der Waals surface area (Å²) in [6.07, 6.45) is 0. The fraction of sp³-hybridized carbons (Fsp3) is 0.300. The molecule has 1 saturated heterocycles. The molecule has 2 aliphatic heterocycles. The van der Waals surface area contributed by atoms with Gasteiger partial charge in [0, 0.05) is 11.5 Å². The van der Waals surface area contributed by atoms with Gasteiger partial charge in [-0.05, 0) is 23.3 Å². The van der Waals surface area contributed by atoms with Gasteiger partial charge in [-0.1, -0.05) is 35.7 Å². The standard InChI is InChI=1S/C20H20N6O7S3/c21-12(8-1-3-10(27)4-2-8)15(30)22-13-16(31)26-14(18(32)33)9(5-34-17(13)26)6-35-19-23-20(25-24-19)36-7-11(28)29/h1-4,12-13,17,27H,5-7,21H2,(H,22,30)(H,28,29)(H,32,33)(H,23,24,25)/t12?,13?,17-/m1/s1. The number of carboxylic acid groups (broad SMARTS) is 2. The van der Waals surface area contributed by atoms with E-state index in [0.29, 0.717) is 27.2 Å². The summed E-state index contributed by atoms with van der Waals surface area (Å²) in [5, 5.41) is 37.2. The number of aliphatic carboxylic acids is 2. The van der Waals surface area contributed by atoms with Crippen molar-refractivity contribution in [2.24, 2.45) is 5.73 Å². The number of hydrogen-bond acceptors (Lipinski definition) is 11. The number of nitrogens with two attached hydrogens (primary N) is 1. The number of nitrogens with one attached hydrogen (secondary N) is 2. The van der Waals surface area contributed by atoms with Crippen molar-refractivity contribution in [2.75, 3.05) is 17.3 Å². The molecule has 2 aliphatic rings. The van der Waals surface area contributed by atoms with E-state index in [2.05, 4.69) is 20.5 Å². The number of nitrogens with zero attached hydrogens (tertiary/aromatic N) is 3. The lowest BCUT2D eigenvalue weighted by Gasteiger charge is -2.49. The van der Waals surface area contributed by atoms with Crippen molar-refractivity contribution in [1.82, 2.24) is 25.4 Å². The zero-order chi connectivity index (χ0) is 26.0. The number of aromatic amines is 1. The van der Waals surface area contributed by atoms with Gasteiger partial charge in [-0.15, -0.1) is 16.9 Å². The average Bonchev–Trinajstić information content (AvgIpc) is 3.31. The third-order valence-electron chi connectivity index (χ3n) is 5.23. The van der Waals surface area contributed by atoms with Gasteiger partial charge in [-0.25, -0.2) is 4.79 Å². The van der Waals surface area contributed by atoms with Crippen molar-refractivity contribution in [2.45, 2.75) is 27.8 Å². The lowest BCUT2D eigenvalue weighted by molar-refractivity contribution is -0.150. The largest absolute Gasteiger partial charge is 0.508 e. The quantitative estimate of drug-likeness (QED) is 0.172. The van der Waals surface area contributed by atoms with E-state index in [4.69, 9.17) is 10.8 Å². The first-order chi connectivity index (χ1) is 17.2. The second kappa shape index (κ2) is 10.8. The molecule has 0 saturated carbocycles. The minimum atomic E-state index is -1.26. The number of β-lactam (4-membered cyclic amide) rings is 1. The molecule has 1 fully saturated rings. The van der Waals surface area contributed by atoms with Crippen LogP contribution in [-0.2, 0) is 19.2 Å². The van der Waals surface area contributed by atoms with Crippen LogP contribution < -0.4 is 11.1 Å². The van der Waals surface area contributed by atoms with Gasteiger partial charge in [-0.2, -0.15) is 4.98 Å². The first kappa shape index (κ1) is 25.9. The first-order valence-electron chi connectivity index (χ1n) is 10.3. The molecule has 190 valence electrons. The molecule has 0 radical (unpaired) electrons. The van der Waals surface area contributed by atoms with Crippen LogP contribution in [0.5, 0.6) is 5.75 Å². The molecule has 2 aromatic rings. The molecule has 16 heteroatoms. The average molecular weight is 553 g/mol. The molecule has 1 aromatic heterocycles. The fourth-order valence-corrected chi connectivity index (χ4v) is 6.38. The Morgan fingerprint density at radius 3 is 2.64 bits per heavy atom. The zero-order valence-corrected chi connectivity index (χ0v) is 20.7.